The molecule has 0 aliphatic carbocycles. The molecule has 0 radical (unpaired) electrons. The van der Waals surface area contributed by atoms with E-state index in [2.05, 4.69) is 0 Å². The van der Waals surface area contributed by atoms with E-state index >= 15 is 0 Å². The van der Waals surface area contributed by atoms with Crippen LogP contribution in [0.25, 0.3) is 0 Å². The molecule has 0 fully saturated rings. The van der Waals surface area contributed by atoms with Crippen LogP contribution < -0.4 is 4.90 Å². The smallest absolute Gasteiger partial charge is 0.293 e. The highest BCUT2D eigenvalue weighted by atomic mass is 19.1. The number of rotatable bonds is 2. The van der Waals surface area contributed by atoms with Gasteiger partial charge in [-0.25, -0.2) is 4.39 Å². The highest BCUT2D eigenvalue weighted by Gasteiger charge is 2.15. The molecule has 0 aromatic heterocycles. The molecule has 1 aromatic carbocycles. The average molecular weight is 195 g/mol. The Bertz CT molecular complexity index is 376. The van der Waals surface area contributed by atoms with Crippen LogP contribution in [0.15, 0.2) is 24.3 Å². The first-order valence-electron chi connectivity index (χ1n) is 4.06. The van der Waals surface area contributed by atoms with E-state index in [1.807, 2.05) is 0 Å². The first kappa shape index (κ1) is 10.4. The summed E-state index contributed by atoms with van der Waals surface area (Å²) in [7, 11) is 1.43. The Hall–Kier alpha value is -1.71. The molecule has 1 amide bonds. The van der Waals surface area contributed by atoms with Gasteiger partial charge in [0.25, 0.3) is 5.91 Å². The molecule has 0 heterocycles. The van der Waals surface area contributed by atoms with Gasteiger partial charge in [-0.05, 0) is 18.2 Å². The lowest BCUT2D eigenvalue weighted by atomic mass is 10.2. The van der Waals surface area contributed by atoms with Crippen molar-refractivity contribution in [1.82, 2.24) is 0 Å². The number of Topliss-reactive ketones (excluding diaryl/α,β-unsaturated/α-hetero) is 1. The third-order valence-corrected chi connectivity index (χ3v) is 1.80. The van der Waals surface area contributed by atoms with Gasteiger partial charge in [0.2, 0.25) is 5.78 Å². The maximum absolute atomic E-state index is 12.8. The maximum atomic E-state index is 12.8. The first-order valence-corrected chi connectivity index (χ1v) is 4.06. The third-order valence-electron chi connectivity index (χ3n) is 1.80. The Morgan fingerprint density at radius 1 is 1.36 bits per heavy atom. The second-order valence-electron chi connectivity index (χ2n) is 2.90. The zero-order valence-corrected chi connectivity index (χ0v) is 7.95. The van der Waals surface area contributed by atoms with Gasteiger partial charge < -0.3 is 4.90 Å². The number of likely N-dealkylation sites (N-methyl/N-ethyl adjacent to an activating group) is 1. The van der Waals surface area contributed by atoms with Gasteiger partial charge in [-0.3, -0.25) is 9.59 Å². The lowest BCUT2D eigenvalue weighted by molar-refractivity contribution is -0.134. The van der Waals surface area contributed by atoms with Gasteiger partial charge in [0.1, 0.15) is 5.82 Å². The summed E-state index contributed by atoms with van der Waals surface area (Å²) in [6, 6.07) is 5.51. The van der Waals surface area contributed by atoms with E-state index in [9.17, 15) is 14.0 Å². The van der Waals surface area contributed by atoms with E-state index < -0.39 is 17.5 Å². The maximum Gasteiger partial charge on any atom is 0.293 e. The van der Waals surface area contributed by atoms with Crippen molar-refractivity contribution in [2.45, 2.75) is 6.92 Å². The zero-order valence-electron chi connectivity index (χ0n) is 7.95. The van der Waals surface area contributed by atoms with Gasteiger partial charge in [-0.15, -0.1) is 0 Å². The van der Waals surface area contributed by atoms with Crippen molar-refractivity contribution in [1.29, 1.82) is 0 Å². The number of halogens is 1. The molecule has 14 heavy (non-hydrogen) atoms. The fraction of sp³-hybridized carbons (Fsp3) is 0.200. The molecule has 0 saturated heterocycles. The summed E-state index contributed by atoms with van der Waals surface area (Å²) in [6.07, 6.45) is 0. The lowest BCUT2D eigenvalue weighted by Crippen LogP contribution is -2.31. The number of benzene rings is 1. The Labute approximate surface area is 81.1 Å². The standard InChI is InChI=1S/C10H10FNO2/c1-7(13)10(14)12(2)9-5-3-4-8(11)6-9/h3-6H,1-2H3. The molecule has 1 rings (SSSR count). The van der Waals surface area contributed by atoms with E-state index in [1.54, 1.807) is 6.07 Å². The molecule has 0 aliphatic rings. The molecule has 0 saturated carbocycles. The number of amides is 1. The average Bonchev–Trinajstić information content (AvgIpc) is 2.15. The normalized spacial score (nSPS) is 9.64. The largest absolute Gasteiger partial charge is 0.309 e. The van der Waals surface area contributed by atoms with Crippen LogP contribution in [0.5, 0.6) is 0 Å². The van der Waals surface area contributed by atoms with Crippen LogP contribution in [0, 0.1) is 5.82 Å². The number of carbonyl (C=O) groups is 2. The van der Waals surface area contributed by atoms with Crippen molar-refractivity contribution in [2.24, 2.45) is 0 Å². The van der Waals surface area contributed by atoms with Crippen molar-refractivity contribution < 1.29 is 14.0 Å². The second-order valence-corrected chi connectivity index (χ2v) is 2.90. The first-order chi connectivity index (χ1) is 6.52. The van der Waals surface area contributed by atoms with Crippen molar-refractivity contribution in [2.75, 3.05) is 11.9 Å². The fourth-order valence-electron chi connectivity index (χ4n) is 1.04. The minimum atomic E-state index is -0.657. The lowest BCUT2D eigenvalue weighted by Gasteiger charge is -2.15. The number of anilines is 1. The van der Waals surface area contributed by atoms with Crippen LogP contribution in [0.3, 0.4) is 0 Å². The number of hydrogen-bond donors (Lipinski definition) is 0. The van der Waals surface area contributed by atoms with Gasteiger partial charge in [0.15, 0.2) is 0 Å². The summed E-state index contributed by atoms with van der Waals surface area (Å²) in [5.41, 5.74) is 0.366. The number of nitrogens with zero attached hydrogens (tertiary/aromatic N) is 1. The summed E-state index contributed by atoms with van der Waals surface area (Å²) in [6.45, 7) is 1.18. The van der Waals surface area contributed by atoms with Crippen LogP contribution in [-0.4, -0.2) is 18.7 Å². The van der Waals surface area contributed by atoms with Crippen molar-refractivity contribution >= 4 is 17.4 Å². The number of ketones is 1. The predicted molar refractivity (Wildman–Crippen MR) is 50.5 cm³/mol. The van der Waals surface area contributed by atoms with Crippen molar-refractivity contribution in [3.8, 4) is 0 Å². The van der Waals surface area contributed by atoms with Gasteiger partial charge >= 0.3 is 0 Å². The Morgan fingerprint density at radius 3 is 2.50 bits per heavy atom. The third kappa shape index (κ3) is 2.16. The summed E-state index contributed by atoms with van der Waals surface area (Å²) >= 11 is 0. The van der Waals surface area contributed by atoms with E-state index in [-0.39, 0.29) is 0 Å². The van der Waals surface area contributed by atoms with E-state index in [0.29, 0.717) is 5.69 Å². The minimum Gasteiger partial charge on any atom is -0.309 e. The topological polar surface area (TPSA) is 37.4 Å². The van der Waals surface area contributed by atoms with Crippen LogP contribution in [0.2, 0.25) is 0 Å². The summed E-state index contributed by atoms with van der Waals surface area (Å²) in [5, 5.41) is 0. The molecule has 0 bridgehead atoms. The molecule has 3 nitrogen and oxygen atoms in total. The van der Waals surface area contributed by atoms with Crippen LogP contribution >= 0.6 is 0 Å². The molecule has 4 heteroatoms. The molecule has 0 spiro atoms. The molecular weight excluding hydrogens is 185 g/mol. The second kappa shape index (κ2) is 4.00. The van der Waals surface area contributed by atoms with E-state index in [4.69, 9.17) is 0 Å². The number of hydrogen-bond acceptors (Lipinski definition) is 2. The molecular formula is C10H10FNO2. The molecule has 1 aromatic rings. The van der Waals surface area contributed by atoms with Gasteiger partial charge in [-0.1, -0.05) is 6.07 Å². The Balaban J connectivity index is 2.95. The van der Waals surface area contributed by atoms with Crippen LogP contribution in [0.1, 0.15) is 6.92 Å². The highest BCUT2D eigenvalue weighted by molar-refractivity contribution is 6.40. The molecule has 0 aliphatic heterocycles. The molecule has 0 unspecified atom stereocenters. The van der Waals surface area contributed by atoms with Crippen LogP contribution in [0.4, 0.5) is 10.1 Å². The predicted octanol–water partition coefficient (Wildman–Crippen LogP) is 1.38. The highest BCUT2D eigenvalue weighted by Crippen LogP contribution is 2.13. The van der Waals surface area contributed by atoms with Gasteiger partial charge in [0.05, 0.1) is 0 Å². The summed E-state index contributed by atoms with van der Waals surface area (Å²) in [5.74, 6) is -1.67. The molecule has 0 N–H and O–H groups in total. The van der Waals surface area contributed by atoms with E-state index in [1.165, 1.54) is 32.2 Å². The van der Waals surface area contributed by atoms with Crippen LogP contribution in [-0.2, 0) is 9.59 Å². The molecule has 0 atom stereocenters. The van der Waals surface area contributed by atoms with Gasteiger partial charge in [0, 0.05) is 19.7 Å². The Kier molecular flexibility index (Phi) is 2.96. The molecule has 74 valence electrons. The van der Waals surface area contributed by atoms with Crippen molar-refractivity contribution in [3.63, 3.8) is 0 Å². The number of carbonyl (C=O) groups excluding carboxylic acids is 2. The quantitative estimate of drug-likeness (QED) is 0.668. The monoisotopic (exact) mass is 195 g/mol. The summed E-state index contributed by atoms with van der Waals surface area (Å²) < 4.78 is 12.8. The Morgan fingerprint density at radius 2 is 2.00 bits per heavy atom. The van der Waals surface area contributed by atoms with Gasteiger partial charge in [-0.2, -0.15) is 0 Å². The SMILES string of the molecule is CC(=O)C(=O)N(C)c1cccc(F)c1. The fourth-order valence-corrected chi connectivity index (χ4v) is 1.04. The zero-order chi connectivity index (χ0) is 10.7. The van der Waals surface area contributed by atoms with Crippen molar-refractivity contribution in [3.05, 3.63) is 30.1 Å². The van der Waals surface area contributed by atoms with E-state index in [0.717, 1.165) is 4.90 Å². The summed E-state index contributed by atoms with van der Waals surface area (Å²) in [4.78, 5) is 23.1. The minimum absolute atomic E-state index is 0.366.